The molecule has 0 atom stereocenters. The minimum absolute atomic E-state index is 0.0780. The summed E-state index contributed by atoms with van der Waals surface area (Å²) in [7, 11) is 0. The van der Waals surface area contributed by atoms with Crippen LogP contribution < -0.4 is 10.6 Å². The van der Waals surface area contributed by atoms with Crippen LogP contribution in [0, 0.1) is 5.41 Å². The number of hydrogen-bond donors (Lipinski definition) is 2. The van der Waals surface area contributed by atoms with Crippen LogP contribution in [0.5, 0.6) is 0 Å². The van der Waals surface area contributed by atoms with Gasteiger partial charge in [0, 0.05) is 18.5 Å². The van der Waals surface area contributed by atoms with Crippen LogP contribution >= 0.6 is 0 Å². The Morgan fingerprint density at radius 3 is 2.20 bits per heavy atom. The van der Waals surface area contributed by atoms with Crippen molar-refractivity contribution in [3.8, 4) is 0 Å². The zero-order valence-electron chi connectivity index (χ0n) is 15.0. The number of amides is 2. The van der Waals surface area contributed by atoms with E-state index in [2.05, 4.69) is 15.6 Å². The van der Waals surface area contributed by atoms with Crippen LogP contribution in [0.15, 0.2) is 60.4 Å². The van der Waals surface area contributed by atoms with Crippen molar-refractivity contribution in [2.24, 2.45) is 5.41 Å². The molecule has 2 amide bonds. The smallest absolute Gasteiger partial charge is 0.257 e. The zero-order valence-corrected chi connectivity index (χ0v) is 15.0. The Bertz CT molecular complexity index is 790. The van der Waals surface area contributed by atoms with Gasteiger partial charge in [0.05, 0.1) is 16.9 Å². The van der Waals surface area contributed by atoms with Crippen LogP contribution in [0.2, 0.25) is 0 Å². The van der Waals surface area contributed by atoms with E-state index in [1.165, 1.54) is 6.20 Å². The molecule has 25 heavy (non-hydrogen) atoms. The van der Waals surface area contributed by atoms with E-state index in [0.29, 0.717) is 16.9 Å². The number of carbonyl (C=O) groups excluding carboxylic acids is 2. The Balaban J connectivity index is 2.16. The lowest BCUT2D eigenvalue weighted by atomic mass is 9.87. The minimum atomic E-state index is -0.281. The third-order valence-electron chi connectivity index (χ3n) is 3.89. The van der Waals surface area contributed by atoms with Gasteiger partial charge < -0.3 is 10.6 Å². The van der Waals surface area contributed by atoms with Crippen LogP contribution in [0.1, 0.15) is 38.1 Å². The average Bonchev–Trinajstić information content (AvgIpc) is 2.56. The van der Waals surface area contributed by atoms with Gasteiger partial charge in [0.25, 0.3) is 5.91 Å². The minimum Gasteiger partial charge on any atom is -0.321 e. The fourth-order valence-electron chi connectivity index (χ4n) is 1.97. The Morgan fingerprint density at radius 1 is 1.00 bits per heavy atom. The fraction of sp³-hybridized carbons (Fsp3) is 0.250. The molecule has 0 aliphatic carbocycles. The molecule has 0 spiro atoms. The van der Waals surface area contributed by atoms with E-state index in [4.69, 9.17) is 0 Å². The van der Waals surface area contributed by atoms with E-state index < -0.39 is 0 Å². The number of nitrogens with zero attached hydrogens (tertiary/aromatic N) is 1. The average molecular weight is 337 g/mol. The SMILES string of the molecule is C/C(=C\C(=O)Nc1ccccc1NC(=O)c1cccnc1)C(C)(C)C. The normalized spacial score (nSPS) is 11.8. The molecule has 0 aliphatic rings. The molecule has 0 saturated carbocycles. The van der Waals surface area contributed by atoms with E-state index in [1.54, 1.807) is 48.7 Å². The third-order valence-corrected chi connectivity index (χ3v) is 3.89. The molecule has 5 nitrogen and oxygen atoms in total. The topological polar surface area (TPSA) is 71.1 Å². The maximum Gasteiger partial charge on any atom is 0.257 e. The van der Waals surface area contributed by atoms with E-state index in [1.807, 2.05) is 27.7 Å². The first-order chi connectivity index (χ1) is 11.8. The number of rotatable bonds is 4. The van der Waals surface area contributed by atoms with E-state index in [-0.39, 0.29) is 17.2 Å². The highest BCUT2D eigenvalue weighted by atomic mass is 16.2. The predicted octanol–water partition coefficient (Wildman–Crippen LogP) is 4.26. The number of para-hydroxylation sites is 2. The monoisotopic (exact) mass is 337 g/mol. The Morgan fingerprint density at radius 2 is 1.64 bits per heavy atom. The van der Waals surface area contributed by atoms with Crippen molar-refractivity contribution in [1.82, 2.24) is 4.98 Å². The molecule has 1 aromatic heterocycles. The molecule has 0 saturated heterocycles. The summed E-state index contributed by atoms with van der Waals surface area (Å²) in [6, 6.07) is 10.5. The molecule has 1 aromatic carbocycles. The Labute approximate surface area is 148 Å². The molecular weight excluding hydrogens is 314 g/mol. The van der Waals surface area contributed by atoms with Crippen LogP contribution in [0.3, 0.4) is 0 Å². The van der Waals surface area contributed by atoms with Gasteiger partial charge >= 0.3 is 0 Å². The number of hydrogen-bond acceptors (Lipinski definition) is 3. The van der Waals surface area contributed by atoms with Gasteiger partial charge in [-0.1, -0.05) is 38.5 Å². The lowest BCUT2D eigenvalue weighted by molar-refractivity contribution is -0.112. The maximum absolute atomic E-state index is 12.3. The number of aromatic nitrogens is 1. The number of nitrogens with one attached hydrogen (secondary N) is 2. The van der Waals surface area contributed by atoms with Gasteiger partial charge in [-0.2, -0.15) is 0 Å². The highest BCUT2D eigenvalue weighted by molar-refractivity contribution is 6.08. The number of allylic oxidation sites excluding steroid dienone is 1. The summed E-state index contributed by atoms with van der Waals surface area (Å²) in [5.41, 5.74) is 2.42. The van der Waals surface area contributed by atoms with Crippen LogP contribution in [0.25, 0.3) is 0 Å². The van der Waals surface area contributed by atoms with Crippen LogP contribution in [-0.4, -0.2) is 16.8 Å². The first kappa shape index (κ1) is 18.4. The number of benzene rings is 1. The number of pyridine rings is 1. The molecule has 2 N–H and O–H groups in total. The molecule has 1 heterocycles. The summed E-state index contributed by atoms with van der Waals surface area (Å²) in [6.07, 6.45) is 4.68. The lowest BCUT2D eigenvalue weighted by Gasteiger charge is -2.19. The van der Waals surface area contributed by atoms with E-state index in [0.717, 1.165) is 5.57 Å². The molecule has 0 radical (unpaired) electrons. The molecular formula is C20H23N3O2. The summed E-state index contributed by atoms with van der Waals surface area (Å²) in [6.45, 7) is 8.08. The molecule has 0 fully saturated rings. The number of carbonyl (C=O) groups is 2. The molecule has 5 heteroatoms. The quantitative estimate of drug-likeness (QED) is 0.819. The maximum atomic E-state index is 12.3. The molecule has 0 unspecified atom stereocenters. The molecule has 130 valence electrons. The van der Waals surface area contributed by atoms with Crippen molar-refractivity contribution in [3.63, 3.8) is 0 Å². The fourth-order valence-corrected chi connectivity index (χ4v) is 1.97. The first-order valence-electron chi connectivity index (χ1n) is 8.07. The third kappa shape index (κ3) is 5.28. The predicted molar refractivity (Wildman–Crippen MR) is 100 cm³/mol. The van der Waals surface area contributed by atoms with Gasteiger partial charge in [0.2, 0.25) is 5.91 Å². The second-order valence-corrected chi connectivity index (χ2v) is 6.81. The van der Waals surface area contributed by atoms with Gasteiger partial charge in [0.1, 0.15) is 0 Å². The molecule has 0 bridgehead atoms. The second-order valence-electron chi connectivity index (χ2n) is 6.81. The summed E-state index contributed by atoms with van der Waals surface area (Å²) in [4.78, 5) is 28.5. The van der Waals surface area contributed by atoms with Crippen molar-refractivity contribution in [1.29, 1.82) is 0 Å². The first-order valence-corrected chi connectivity index (χ1v) is 8.07. The van der Waals surface area contributed by atoms with Gasteiger partial charge in [0.15, 0.2) is 0 Å². The van der Waals surface area contributed by atoms with Crippen LogP contribution in [0.4, 0.5) is 11.4 Å². The second kappa shape index (κ2) is 7.75. The summed E-state index contributed by atoms with van der Waals surface area (Å²) in [5, 5.41) is 5.63. The molecule has 0 aliphatic heterocycles. The highest BCUT2D eigenvalue weighted by Crippen LogP contribution is 2.25. The highest BCUT2D eigenvalue weighted by Gasteiger charge is 2.15. The Hall–Kier alpha value is -2.95. The summed E-state index contributed by atoms with van der Waals surface area (Å²) >= 11 is 0. The largest absolute Gasteiger partial charge is 0.321 e. The van der Waals surface area contributed by atoms with Gasteiger partial charge in [-0.05, 0) is 36.6 Å². The van der Waals surface area contributed by atoms with E-state index in [9.17, 15) is 9.59 Å². The zero-order chi connectivity index (χ0) is 18.4. The molecule has 2 aromatic rings. The van der Waals surface area contributed by atoms with Gasteiger partial charge in [-0.3, -0.25) is 14.6 Å². The van der Waals surface area contributed by atoms with Gasteiger partial charge in [-0.15, -0.1) is 0 Å². The lowest BCUT2D eigenvalue weighted by Crippen LogP contribution is -2.17. The number of anilines is 2. The molecule has 2 rings (SSSR count). The summed E-state index contributed by atoms with van der Waals surface area (Å²) in [5.74, 6) is -0.508. The summed E-state index contributed by atoms with van der Waals surface area (Å²) < 4.78 is 0. The van der Waals surface area contributed by atoms with Crippen molar-refractivity contribution in [3.05, 3.63) is 66.0 Å². The van der Waals surface area contributed by atoms with Crippen molar-refractivity contribution in [2.45, 2.75) is 27.7 Å². The van der Waals surface area contributed by atoms with Crippen molar-refractivity contribution >= 4 is 23.2 Å². The van der Waals surface area contributed by atoms with E-state index >= 15 is 0 Å². The van der Waals surface area contributed by atoms with Crippen molar-refractivity contribution < 1.29 is 9.59 Å². The Kier molecular flexibility index (Phi) is 5.70. The van der Waals surface area contributed by atoms with Gasteiger partial charge in [-0.25, -0.2) is 0 Å². The van der Waals surface area contributed by atoms with Crippen LogP contribution in [-0.2, 0) is 4.79 Å². The van der Waals surface area contributed by atoms with Crippen molar-refractivity contribution in [2.75, 3.05) is 10.6 Å². The standard InChI is InChI=1S/C20H23N3O2/c1-14(20(2,3)4)12-18(24)22-16-9-5-6-10-17(16)23-19(25)15-8-7-11-21-13-15/h5-13H,1-4H3,(H,22,24)(H,23,25)/b14-12+.